The van der Waals surface area contributed by atoms with E-state index < -0.39 is 23.5 Å². The van der Waals surface area contributed by atoms with Crippen LogP contribution in [-0.2, 0) is 16.1 Å². The molecule has 0 unspecified atom stereocenters. The van der Waals surface area contributed by atoms with E-state index in [0.717, 1.165) is 11.3 Å². The van der Waals surface area contributed by atoms with Gasteiger partial charge in [0, 0.05) is 18.9 Å². The maximum Gasteiger partial charge on any atom is 0.295 e. The molecule has 2 aromatic carbocycles. The second kappa shape index (κ2) is 8.98. The molecular weight excluding hydrogens is 447 g/mol. The summed E-state index contributed by atoms with van der Waals surface area (Å²) in [5, 5.41) is 15.7. The monoisotopic (exact) mass is 468 g/mol. The number of halogens is 1. The molecule has 1 saturated heterocycles. The lowest BCUT2D eigenvalue weighted by Crippen LogP contribution is -2.29. The number of Topliss-reactive ketones (excluding diaryl/α,β-unsaturated/α-hetero) is 1. The topological polar surface area (TPSA) is 88.3 Å². The lowest BCUT2D eigenvalue weighted by atomic mass is 9.95. The lowest BCUT2D eigenvalue weighted by Gasteiger charge is -2.25. The standard InChI is InChI=1S/C27H21FN4O3/c1-17-22(15-30-32(17)21-7-3-2-4-8-21)25(33)23-24(19-9-11-20(28)12-10-19)31(27(35)26(23)34)16-18-6-5-13-29-14-18/h2-15,24,33H,16H2,1H3/t24-/m0/s1. The minimum Gasteiger partial charge on any atom is -0.507 e. The maximum atomic E-state index is 13.7. The maximum absolute atomic E-state index is 13.7. The molecule has 4 aromatic rings. The summed E-state index contributed by atoms with van der Waals surface area (Å²) in [4.78, 5) is 31.8. The van der Waals surface area contributed by atoms with Crippen LogP contribution in [0.3, 0.4) is 0 Å². The molecule has 174 valence electrons. The van der Waals surface area contributed by atoms with Crippen LogP contribution in [0, 0.1) is 12.7 Å². The van der Waals surface area contributed by atoms with Gasteiger partial charge in [0.1, 0.15) is 11.6 Å². The number of hydrogen-bond donors (Lipinski definition) is 1. The minimum absolute atomic E-state index is 0.0683. The van der Waals surface area contributed by atoms with Crippen molar-refractivity contribution < 1.29 is 19.1 Å². The number of carbonyl (C=O) groups is 2. The average Bonchev–Trinajstić information content (AvgIpc) is 3.38. The summed E-state index contributed by atoms with van der Waals surface area (Å²) in [6, 6.07) is 17.5. The van der Waals surface area contributed by atoms with Crippen LogP contribution in [0.25, 0.3) is 11.4 Å². The van der Waals surface area contributed by atoms with Gasteiger partial charge in [-0.2, -0.15) is 5.10 Å². The van der Waals surface area contributed by atoms with E-state index in [0.29, 0.717) is 16.8 Å². The fraction of sp³-hybridized carbons (Fsp3) is 0.111. The Morgan fingerprint density at radius 2 is 1.74 bits per heavy atom. The molecule has 8 heteroatoms. The van der Waals surface area contributed by atoms with Crippen LogP contribution in [0.1, 0.15) is 28.4 Å². The molecular formula is C27H21FN4O3. The highest BCUT2D eigenvalue weighted by Crippen LogP contribution is 2.40. The molecule has 1 atom stereocenters. The Balaban J connectivity index is 1.64. The zero-order chi connectivity index (χ0) is 24.5. The molecule has 0 radical (unpaired) electrons. The number of likely N-dealkylation sites (tertiary alicyclic amines) is 1. The van der Waals surface area contributed by atoms with Gasteiger partial charge in [-0.25, -0.2) is 9.07 Å². The first-order valence-corrected chi connectivity index (χ1v) is 11.0. The van der Waals surface area contributed by atoms with E-state index >= 15 is 0 Å². The van der Waals surface area contributed by atoms with E-state index in [1.807, 2.05) is 30.3 Å². The highest BCUT2D eigenvalue weighted by molar-refractivity contribution is 6.46. The molecule has 0 bridgehead atoms. The summed E-state index contributed by atoms with van der Waals surface area (Å²) in [6.07, 6.45) is 4.69. The normalized spacial score (nSPS) is 17.2. The van der Waals surface area contributed by atoms with Crippen molar-refractivity contribution in [1.29, 1.82) is 0 Å². The third-order valence-electron chi connectivity index (χ3n) is 6.07. The minimum atomic E-state index is -0.907. The Labute approximate surface area is 200 Å². The van der Waals surface area contributed by atoms with Crippen LogP contribution >= 0.6 is 0 Å². The number of amides is 1. The number of nitrogens with zero attached hydrogens (tertiary/aromatic N) is 4. The van der Waals surface area contributed by atoms with Crippen LogP contribution in [0.15, 0.2) is 90.9 Å². The molecule has 1 amide bonds. The predicted octanol–water partition coefficient (Wildman–Crippen LogP) is 4.34. The summed E-state index contributed by atoms with van der Waals surface area (Å²) in [6.45, 7) is 1.87. The molecule has 3 heterocycles. The molecule has 0 spiro atoms. The molecule has 2 aromatic heterocycles. The van der Waals surface area contributed by atoms with E-state index in [2.05, 4.69) is 10.1 Å². The summed E-state index contributed by atoms with van der Waals surface area (Å²) in [5.41, 5.74) is 2.88. The highest BCUT2D eigenvalue weighted by Gasteiger charge is 2.46. The van der Waals surface area contributed by atoms with Crippen molar-refractivity contribution in [3.8, 4) is 5.69 Å². The van der Waals surface area contributed by atoms with Gasteiger partial charge in [-0.15, -0.1) is 0 Å². The quantitative estimate of drug-likeness (QED) is 0.268. The molecule has 7 nitrogen and oxygen atoms in total. The fourth-order valence-corrected chi connectivity index (χ4v) is 4.34. The molecule has 1 N–H and O–H groups in total. The number of carbonyl (C=O) groups excluding carboxylic acids is 2. The van der Waals surface area contributed by atoms with Crippen LogP contribution < -0.4 is 0 Å². The SMILES string of the molecule is Cc1c(C(O)=C2C(=O)C(=O)N(Cc3cccnc3)[C@H]2c2ccc(F)cc2)cnn1-c1ccccc1. The Bertz CT molecular complexity index is 1430. The molecule has 35 heavy (non-hydrogen) atoms. The van der Waals surface area contributed by atoms with Gasteiger partial charge in [0.15, 0.2) is 0 Å². The van der Waals surface area contributed by atoms with Crippen LogP contribution in [0.5, 0.6) is 0 Å². The van der Waals surface area contributed by atoms with Crippen LogP contribution in [-0.4, -0.2) is 36.5 Å². The molecule has 0 saturated carbocycles. The molecule has 1 aliphatic rings. The second-order valence-corrected chi connectivity index (χ2v) is 8.23. The summed E-state index contributed by atoms with van der Waals surface area (Å²) in [5.74, 6) is -2.34. The number of aliphatic hydroxyl groups is 1. The largest absolute Gasteiger partial charge is 0.507 e. The van der Waals surface area contributed by atoms with E-state index in [9.17, 15) is 19.1 Å². The average molecular weight is 468 g/mol. The highest BCUT2D eigenvalue weighted by atomic mass is 19.1. The number of para-hydroxylation sites is 1. The van der Waals surface area contributed by atoms with Crippen molar-refractivity contribution in [3.63, 3.8) is 0 Å². The Kier molecular flexibility index (Phi) is 5.70. The summed E-state index contributed by atoms with van der Waals surface area (Å²) >= 11 is 0. The number of aromatic nitrogens is 3. The Hall–Kier alpha value is -4.59. The van der Waals surface area contributed by atoms with Crippen molar-refractivity contribution in [2.75, 3.05) is 0 Å². The summed E-state index contributed by atoms with van der Waals surface area (Å²) < 4.78 is 15.3. The van der Waals surface area contributed by atoms with Crippen LogP contribution in [0.4, 0.5) is 4.39 Å². The van der Waals surface area contributed by atoms with Gasteiger partial charge in [-0.3, -0.25) is 14.6 Å². The van der Waals surface area contributed by atoms with Crippen molar-refractivity contribution in [2.45, 2.75) is 19.5 Å². The fourth-order valence-electron chi connectivity index (χ4n) is 4.34. The third-order valence-corrected chi connectivity index (χ3v) is 6.07. The van der Waals surface area contributed by atoms with Crippen molar-refractivity contribution in [3.05, 3.63) is 119 Å². The van der Waals surface area contributed by atoms with Gasteiger partial charge in [-0.05, 0) is 48.4 Å². The number of rotatable bonds is 5. The lowest BCUT2D eigenvalue weighted by molar-refractivity contribution is -0.140. The van der Waals surface area contributed by atoms with Crippen molar-refractivity contribution >= 4 is 17.4 Å². The van der Waals surface area contributed by atoms with Gasteiger partial charge >= 0.3 is 0 Å². The second-order valence-electron chi connectivity index (χ2n) is 8.23. The number of ketones is 1. The molecule has 5 rings (SSSR count). The van der Waals surface area contributed by atoms with Gasteiger partial charge in [-0.1, -0.05) is 36.4 Å². The molecule has 1 fully saturated rings. The first-order chi connectivity index (χ1) is 17.0. The number of hydrogen-bond acceptors (Lipinski definition) is 5. The summed E-state index contributed by atoms with van der Waals surface area (Å²) in [7, 11) is 0. The first-order valence-electron chi connectivity index (χ1n) is 11.0. The van der Waals surface area contributed by atoms with Gasteiger partial charge in [0.2, 0.25) is 0 Å². The number of pyridine rings is 1. The first kappa shape index (κ1) is 22.2. The third kappa shape index (κ3) is 3.99. The molecule has 0 aliphatic carbocycles. The van der Waals surface area contributed by atoms with Gasteiger partial charge in [0.25, 0.3) is 11.7 Å². The van der Waals surface area contributed by atoms with Crippen LogP contribution in [0.2, 0.25) is 0 Å². The van der Waals surface area contributed by atoms with Crippen molar-refractivity contribution in [1.82, 2.24) is 19.7 Å². The molecule has 1 aliphatic heterocycles. The van der Waals surface area contributed by atoms with E-state index in [-0.39, 0.29) is 17.9 Å². The van der Waals surface area contributed by atoms with Gasteiger partial charge in [0.05, 0.1) is 34.8 Å². The predicted molar refractivity (Wildman–Crippen MR) is 127 cm³/mol. The van der Waals surface area contributed by atoms with E-state index in [1.54, 1.807) is 36.1 Å². The van der Waals surface area contributed by atoms with E-state index in [4.69, 9.17) is 0 Å². The van der Waals surface area contributed by atoms with Gasteiger partial charge < -0.3 is 10.0 Å². The Morgan fingerprint density at radius 1 is 1.00 bits per heavy atom. The Morgan fingerprint density at radius 3 is 2.43 bits per heavy atom. The van der Waals surface area contributed by atoms with E-state index in [1.165, 1.54) is 35.4 Å². The number of aliphatic hydroxyl groups excluding tert-OH is 1. The zero-order valence-electron chi connectivity index (χ0n) is 18.8. The number of benzene rings is 2. The van der Waals surface area contributed by atoms with Crippen molar-refractivity contribution in [2.24, 2.45) is 0 Å². The zero-order valence-corrected chi connectivity index (χ0v) is 18.8. The smallest absolute Gasteiger partial charge is 0.295 e.